The molecule has 1 amide bonds. The Morgan fingerprint density at radius 1 is 0.939 bits per heavy atom. The molecule has 0 spiro atoms. The Balaban J connectivity index is 1.93. The largest absolute Gasteiger partial charge is 0.444 e. The summed E-state index contributed by atoms with van der Waals surface area (Å²) in [5.41, 5.74) is 1.63. The number of pyridine rings is 1. The average molecular weight is 461 g/mol. The van der Waals surface area contributed by atoms with Crippen molar-refractivity contribution in [1.29, 1.82) is 0 Å². The maximum absolute atomic E-state index is 13.5. The molecule has 2 aromatic heterocycles. The lowest BCUT2D eigenvalue weighted by molar-refractivity contribution is 0.0636. The summed E-state index contributed by atoms with van der Waals surface area (Å²) in [6.45, 7) is 7.27. The molecular weight excluding hydrogens is 436 g/mol. The zero-order valence-corrected chi connectivity index (χ0v) is 19.7. The van der Waals surface area contributed by atoms with E-state index >= 15 is 0 Å². The first-order chi connectivity index (χ1) is 15.6. The number of hydrogen-bond acceptors (Lipinski definition) is 5. The number of aryl methyl sites for hydroxylation is 1. The smallest absolute Gasteiger partial charge is 0.412 e. The van der Waals surface area contributed by atoms with E-state index in [4.69, 9.17) is 4.74 Å². The molecule has 0 atom stereocenters. The van der Waals surface area contributed by atoms with Gasteiger partial charge in [-0.15, -0.1) is 0 Å². The van der Waals surface area contributed by atoms with E-state index in [1.54, 1.807) is 55.7 Å². The number of thiophene rings is 1. The van der Waals surface area contributed by atoms with Crippen LogP contribution in [0.3, 0.4) is 0 Å². The fraction of sp³-hybridized carbons (Fsp3) is 0.192. The second-order valence-electron chi connectivity index (χ2n) is 8.69. The highest BCUT2D eigenvalue weighted by Gasteiger charge is 2.25. The fourth-order valence-corrected chi connectivity index (χ4v) is 4.66. The molecule has 0 bridgehead atoms. The topological polar surface area (TPSA) is 77.4 Å². The number of nitrogens with one attached hydrogen (secondary N) is 1. The minimum absolute atomic E-state index is 0.227. The molecule has 0 aliphatic carbocycles. The van der Waals surface area contributed by atoms with Crippen molar-refractivity contribution >= 4 is 38.4 Å². The van der Waals surface area contributed by atoms with Crippen LogP contribution in [0.25, 0.3) is 15.9 Å². The van der Waals surface area contributed by atoms with Gasteiger partial charge < -0.3 is 4.74 Å². The summed E-state index contributed by atoms with van der Waals surface area (Å²) in [4.78, 5) is 39.5. The van der Waals surface area contributed by atoms with Crippen molar-refractivity contribution in [1.82, 2.24) is 4.57 Å². The van der Waals surface area contributed by atoms with Crippen molar-refractivity contribution in [3.8, 4) is 5.69 Å². The molecule has 2 aromatic carbocycles. The van der Waals surface area contributed by atoms with E-state index in [2.05, 4.69) is 5.32 Å². The summed E-state index contributed by atoms with van der Waals surface area (Å²) in [6.07, 6.45) is -0.666. The van der Waals surface area contributed by atoms with Gasteiger partial charge >= 0.3 is 6.09 Å². The van der Waals surface area contributed by atoms with E-state index < -0.39 is 11.7 Å². The van der Waals surface area contributed by atoms with Gasteiger partial charge in [0.2, 0.25) is 0 Å². The molecule has 1 N–H and O–H groups in total. The Morgan fingerprint density at radius 3 is 2.24 bits per heavy atom. The molecule has 33 heavy (non-hydrogen) atoms. The lowest BCUT2D eigenvalue weighted by atomic mass is 10.0. The van der Waals surface area contributed by atoms with Crippen LogP contribution in [0, 0.1) is 6.92 Å². The number of fused-ring (bicyclic) bond motifs is 1. The number of rotatable bonds is 4. The van der Waals surface area contributed by atoms with Crippen molar-refractivity contribution in [2.45, 2.75) is 33.3 Å². The predicted molar refractivity (Wildman–Crippen MR) is 132 cm³/mol. The normalized spacial score (nSPS) is 11.4. The number of benzene rings is 2. The van der Waals surface area contributed by atoms with Crippen LogP contribution in [-0.2, 0) is 4.74 Å². The number of carbonyl (C=O) groups is 2. The van der Waals surface area contributed by atoms with Crippen molar-refractivity contribution in [2.75, 3.05) is 5.32 Å². The molecule has 4 aromatic rings. The standard InChI is InChI=1S/C26H24N2O4S/c1-16-10-12-18(13-11-16)28-20(29)15-14-19-21(22(30)17-8-6-5-7-9-17)23(33-24(19)28)27-25(31)32-26(2,3)4/h5-15H,1-4H3,(H,27,31). The molecular formula is C26H24N2O4S. The van der Waals surface area contributed by atoms with Crippen molar-refractivity contribution in [3.05, 3.63) is 93.8 Å². The lowest BCUT2D eigenvalue weighted by Gasteiger charge is -2.19. The predicted octanol–water partition coefficient (Wildman–Crippen LogP) is 5.94. The van der Waals surface area contributed by atoms with Crippen LogP contribution in [0.5, 0.6) is 0 Å². The first kappa shape index (κ1) is 22.5. The minimum atomic E-state index is -0.700. The summed E-state index contributed by atoms with van der Waals surface area (Å²) in [6, 6.07) is 19.5. The third-order valence-corrected chi connectivity index (χ3v) is 6.02. The van der Waals surface area contributed by atoms with Gasteiger partial charge in [0, 0.05) is 17.0 Å². The molecule has 0 saturated carbocycles. The molecule has 7 heteroatoms. The Bertz CT molecular complexity index is 1390. The van der Waals surface area contributed by atoms with Crippen LogP contribution in [-0.4, -0.2) is 22.0 Å². The molecule has 4 rings (SSSR count). The highest BCUT2D eigenvalue weighted by molar-refractivity contribution is 7.23. The lowest BCUT2D eigenvalue weighted by Crippen LogP contribution is -2.27. The SMILES string of the molecule is Cc1ccc(-n2c(=O)ccc3c(C(=O)c4ccccc4)c(NC(=O)OC(C)(C)C)sc32)cc1. The van der Waals surface area contributed by atoms with Crippen LogP contribution in [0.15, 0.2) is 71.5 Å². The molecule has 6 nitrogen and oxygen atoms in total. The van der Waals surface area contributed by atoms with Gasteiger partial charge in [0.15, 0.2) is 5.78 Å². The number of ether oxygens (including phenoxy) is 1. The molecule has 0 fully saturated rings. The Morgan fingerprint density at radius 2 is 1.61 bits per heavy atom. The number of carbonyl (C=O) groups excluding carboxylic acids is 2. The number of ketones is 1. The van der Waals surface area contributed by atoms with Gasteiger partial charge in [-0.1, -0.05) is 59.4 Å². The summed E-state index contributed by atoms with van der Waals surface area (Å²) >= 11 is 1.17. The fourth-order valence-electron chi connectivity index (χ4n) is 3.46. The molecule has 0 saturated heterocycles. The number of anilines is 1. The summed E-state index contributed by atoms with van der Waals surface area (Å²) in [5.74, 6) is -0.248. The van der Waals surface area contributed by atoms with Gasteiger partial charge in [0.25, 0.3) is 5.56 Å². The average Bonchev–Trinajstić information content (AvgIpc) is 3.10. The first-order valence-electron chi connectivity index (χ1n) is 10.5. The van der Waals surface area contributed by atoms with Crippen LogP contribution >= 0.6 is 11.3 Å². The third-order valence-electron chi connectivity index (χ3n) is 4.91. The van der Waals surface area contributed by atoms with E-state index in [-0.39, 0.29) is 11.3 Å². The summed E-state index contributed by atoms with van der Waals surface area (Å²) in [7, 11) is 0. The number of hydrogen-bond donors (Lipinski definition) is 1. The second kappa shape index (κ2) is 8.67. The van der Waals surface area contributed by atoms with Gasteiger partial charge in [-0.05, 0) is 45.9 Å². The summed E-state index contributed by atoms with van der Waals surface area (Å²) in [5, 5.41) is 3.65. The van der Waals surface area contributed by atoms with Crippen molar-refractivity contribution in [3.63, 3.8) is 0 Å². The van der Waals surface area contributed by atoms with Crippen LogP contribution in [0.2, 0.25) is 0 Å². The second-order valence-corrected chi connectivity index (χ2v) is 9.69. The van der Waals surface area contributed by atoms with Gasteiger partial charge in [-0.2, -0.15) is 0 Å². The zero-order valence-electron chi connectivity index (χ0n) is 18.8. The minimum Gasteiger partial charge on any atom is -0.444 e. The van der Waals surface area contributed by atoms with Gasteiger partial charge in [-0.3, -0.25) is 19.5 Å². The third kappa shape index (κ3) is 4.73. The van der Waals surface area contributed by atoms with Crippen LogP contribution < -0.4 is 10.9 Å². The number of amides is 1. The number of aromatic nitrogens is 1. The quantitative estimate of drug-likeness (QED) is 0.383. The molecule has 2 heterocycles. The maximum Gasteiger partial charge on any atom is 0.412 e. The van der Waals surface area contributed by atoms with E-state index in [0.29, 0.717) is 32.0 Å². The first-order valence-corrected chi connectivity index (χ1v) is 11.3. The van der Waals surface area contributed by atoms with E-state index in [9.17, 15) is 14.4 Å². The molecule has 0 aliphatic rings. The number of nitrogens with zero attached hydrogens (tertiary/aromatic N) is 1. The molecule has 0 unspecified atom stereocenters. The summed E-state index contributed by atoms with van der Waals surface area (Å²) < 4.78 is 6.96. The van der Waals surface area contributed by atoms with E-state index in [1.165, 1.54) is 17.4 Å². The van der Waals surface area contributed by atoms with Gasteiger partial charge in [0.1, 0.15) is 15.4 Å². The molecule has 0 radical (unpaired) electrons. The van der Waals surface area contributed by atoms with Gasteiger partial charge in [-0.25, -0.2) is 4.79 Å². The Labute approximate surface area is 195 Å². The maximum atomic E-state index is 13.5. The zero-order chi connectivity index (χ0) is 23.8. The van der Waals surface area contributed by atoms with Crippen molar-refractivity contribution < 1.29 is 14.3 Å². The Hall–Kier alpha value is -3.71. The molecule has 168 valence electrons. The monoisotopic (exact) mass is 460 g/mol. The van der Waals surface area contributed by atoms with Crippen molar-refractivity contribution in [2.24, 2.45) is 0 Å². The van der Waals surface area contributed by atoms with Crippen LogP contribution in [0.1, 0.15) is 42.3 Å². The van der Waals surface area contributed by atoms with Crippen LogP contribution in [0.4, 0.5) is 9.80 Å². The van der Waals surface area contributed by atoms with E-state index in [1.807, 2.05) is 37.3 Å². The Kier molecular flexibility index (Phi) is 5.91. The molecule has 0 aliphatic heterocycles. The van der Waals surface area contributed by atoms with E-state index in [0.717, 1.165) is 5.56 Å². The highest BCUT2D eigenvalue weighted by atomic mass is 32.1. The highest BCUT2D eigenvalue weighted by Crippen LogP contribution is 2.37. The van der Waals surface area contributed by atoms with Gasteiger partial charge in [0.05, 0.1) is 11.3 Å².